The molecule has 5 aliphatic heterocycles. The summed E-state index contributed by atoms with van der Waals surface area (Å²) in [5.41, 5.74) is 10.2. The van der Waals surface area contributed by atoms with Crippen molar-refractivity contribution in [3.8, 4) is 0 Å². The first kappa shape index (κ1) is 71.7. The number of ketones is 4. The van der Waals surface area contributed by atoms with Gasteiger partial charge in [-0.1, -0.05) is 101 Å². The summed E-state index contributed by atoms with van der Waals surface area (Å²) in [7, 11) is 0. The van der Waals surface area contributed by atoms with Gasteiger partial charge in [0, 0.05) is 131 Å². The first-order chi connectivity index (χ1) is 44.4. The SMILES string of the molecule is CC(C)(C)OC(=O)N1CC=CC(=O)C1.CC(C)(C)OC(=O)N1CC=CC(O)C1.Cc1[nH]c2ccccc2c1C1CC(=O)CN(C(=O)OC(C)(C)C)C1.Cc1[nH]c2ccccc2c1C1CC(=O)CN(Cc2ccc(Br)cc2)C1.Cc1[nH]c2ccccc2c1C1CNCC(=O)C1. The van der Waals surface area contributed by atoms with Gasteiger partial charge in [-0.2, -0.15) is 0 Å². The summed E-state index contributed by atoms with van der Waals surface area (Å²) in [4.78, 5) is 99.5. The van der Waals surface area contributed by atoms with Gasteiger partial charge in [-0.15, -0.1) is 0 Å². The number of hydrogen-bond donors (Lipinski definition) is 5. The number of rotatable bonds is 5. The number of fused-ring (bicyclic) bond motifs is 3. The lowest BCUT2D eigenvalue weighted by Gasteiger charge is -2.33. The predicted molar refractivity (Wildman–Crippen MR) is 371 cm³/mol. The Balaban J connectivity index is 0.000000154. The molecule has 8 heterocycles. The van der Waals surface area contributed by atoms with Crippen LogP contribution in [0.15, 0.2) is 126 Å². The summed E-state index contributed by atoms with van der Waals surface area (Å²) in [6.45, 7) is 28.3. The molecule has 0 radical (unpaired) electrons. The molecule has 20 heteroatoms. The average Bonchev–Trinajstić information content (AvgIpc) is 1.68. The summed E-state index contributed by atoms with van der Waals surface area (Å²) in [6, 6.07) is 33.1. The van der Waals surface area contributed by atoms with E-state index in [4.69, 9.17) is 14.2 Å². The first-order valence-corrected chi connectivity index (χ1v) is 33.1. The molecule has 0 aliphatic carbocycles. The predicted octanol–water partition coefficient (Wildman–Crippen LogP) is 13.2. The third-order valence-electron chi connectivity index (χ3n) is 16.2. The number of β-amino-alcohol motifs (C(OH)–C–C–N with tert-alkyl or cyclic N) is 1. The van der Waals surface area contributed by atoms with Crippen LogP contribution in [0.3, 0.4) is 0 Å². The van der Waals surface area contributed by atoms with Crippen LogP contribution in [-0.4, -0.2) is 169 Å². The average molecular weight is 1350 g/mol. The van der Waals surface area contributed by atoms with Crippen LogP contribution < -0.4 is 5.32 Å². The van der Waals surface area contributed by atoms with Crippen LogP contribution >= 0.6 is 15.9 Å². The highest BCUT2D eigenvalue weighted by Gasteiger charge is 2.35. The number of carbonyl (C=O) groups is 7. The molecule has 4 unspecified atom stereocenters. The van der Waals surface area contributed by atoms with Gasteiger partial charge in [-0.25, -0.2) is 14.4 Å². The number of piperidine rings is 3. The van der Waals surface area contributed by atoms with Crippen molar-refractivity contribution in [3.05, 3.63) is 165 Å². The Bertz CT molecular complexity index is 3900. The largest absolute Gasteiger partial charge is 0.444 e. The third kappa shape index (κ3) is 20.4. The van der Waals surface area contributed by atoms with Gasteiger partial charge in [0.25, 0.3) is 0 Å². The summed E-state index contributed by atoms with van der Waals surface area (Å²) >= 11 is 3.48. The normalized spacial score (nSPS) is 19.5. The molecule has 7 aromatic rings. The molecule has 3 fully saturated rings. The number of ether oxygens (including phenoxy) is 3. The van der Waals surface area contributed by atoms with Gasteiger partial charge in [0.2, 0.25) is 0 Å². The Morgan fingerprint density at radius 3 is 1.44 bits per heavy atom. The second-order valence-electron chi connectivity index (χ2n) is 27.8. The number of hydrogen-bond acceptors (Lipinski definition) is 13. The molecular formula is C74H93BrN8O11. The molecule has 4 atom stereocenters. The number of likely N-dealkylation sites (tertiary alicyclic amines) is 2. The molecule has 502 valence electrons. The van der Waals surface area contributed by atoms with Crippen LogP contribution in [0.1, 0.15) is 139 Å². The smallest absolute Gasteiger partial charge is 0.410 e. The van der Waals surface area contributed by atoms with E-state index in [1.807, 2.05) is 78.8 Å². The number of carbonyl (C=O) groups excluding carboxylic acids is 7. The van der Waals surface area contributed by atoms with E-state index in [1.165, 1.54) is 59.6 Å². The molecule has 3 saturated heterocycles. The topological polar surface area (TPSA) is 240 Å². The number of Topliss-reactive ketones (excluding diaryl/α,β-unsaturated/α-hetero) is 3. The van der Waals surface area contributed by atoms with Gasteiger partial charge in [0.05, 0.1) is 38.8 Å². The minimum absolute atomic E-state index is 0.00471. The van der Waals surface area contributed by atoms with Crippen LogP contribution in [0.4, 0.5) is 14.4 Å². The first-order valence-electron chi connectivity index (χ1n) is 32.3. The third-order valence-corrected chi connectivity index (χ3v) is 16.7. The van der Waals surface area contributed by atoms with E-state index in [-0.39, 0.29) is 42.6 Å². The number of nitrogens with zero attached hydrogens (tertiary/aromatic N) is 4. The van der Waals surface area contributed by atoms with E-state index in [9.17, 15) is 38.7 Å². The number of H-pyrrole nitrogens is 3. The second-order valence-corrected chi connectivity index (χ2v) is 28.8. The number of aromatic amines is 3. The van der Waals surface area contributed by atoms with Crippen molar-refractivity contribution in [1.82, 2.24) is 39.9 Å². The number of aryl methyl sites for hydroxylation is 3. The minimum Gasteiger partial charge on any atom is -0.444 e. The maximum atomic E-state index is 12.4. The van der Waals surface area contributed by atoms with E-state index >= 15 is 0 Å². The summed E-state index contributed by atoms with van der Waals surface area (Å²) in [6.07, 6.45) is 6.55. The zero-order valence-electron chi connectivity index (χ0n) is 56.5. The number of para-hydroxylation sites is 3. The maximum absolute atomic E-state index is 12.4. The van der Waals surface area contributed by atoms with Crippen molar-refractivity contribution in [2.75, 3.05) is 65.4 Å². The van der Waals surface area contributed by atoms with E-state index in [0.29, 0.717) is 76.0 Å². The summed E-state index contributed by atoms with van der Waals surface area (Å²) in [5.74, 6) is 1.21. The molecule has 3 amide bonds. The van der Waals surface area contributed by atoms with E-state index in [0.717, 1.165) is 57.3 Å². The van der Waals surface area contributed by atoms with Crippen LogP contribution in [-0.2, 0) is 39.9 Å². The molecule has 5 N–H and O–H groups in total. The molecule has 0 saturated carbocycles. The van der Waals surface area contributed by atoms with Crippen molar-refractivity contribution in [2.24, 2.45) is 0 Å². The molecule has 94 heavy (non-hydrogen) atoms. The second kappa shape index (κ2) is 31.4. The van der Waals surface area contributed by atoms with Gasteiger partial charge in [-0.05, 0) is 142 Å². The lowest BCUT2D eigenvalue weighted by atomic mass is 9.88. The van der Waals surface area contributed by atoms with Gasteiger partial charge in [0.15, 0.2) is 11.6 Å². The van der Waals surface area contributed by atoms with Crippen molar-refractivity contribution < 1.29 is 52.9 Å². The van der Waals surface area contributed by atoms with Crippen LogP contribution in [0.25, 0.3) is 32.7 Å². The molecular weight excluding hydrogens is 1260 g/mol. The zero-order chi connectivity index (χ0) is 68.2. The fraction of sp³-hybridized carbons (Fsp3) is 0.446. The number of amides is 3. The number of aromatic nitrogens is 3. The Morgan fingerprint density at radius 1 is 0.521 bits per heavy atom. The monoisotopic (exact) mass is 1350 g/mol. The highest BCUT2D eigenvalue weighted by Crippen LogP contribution is 2.37. The van der Waals surface area contributed by atoms with Crippen molar-refractivity contribution in [1.29, 1.82) is 0 Å². The molecule has 12 rings (SSSR count). The fourth-order valence-corrected chi connectivity index (χ4v) is 12.8. The Morgan fingerprint density at radius 2 is 0.957 bits per heavy atom. The summed E-state index contributed by atoms with van der Waals surface area (Å²) in [5, 5.41) is 16.1. The van der Waals surface area contributed by atoms with Crippen LogP contribution in [0, 0.1) is 20.8 Å². The molecule has 0 spiro atoms. The molecule has 0 bridgehead atoms. The lowest BCUT2D eigenvalue weighted by molar-refractivity contribution is -0.123. The Labute approximate surface area is 560 Å². The highest BCUT2D eigenvalue weighted by molar-refractivity contribution is 9.10. The van der Waals surface area contributed by atoms with Gasteiger partial charge in [0.1, 0.15) is 28.4 Å². The number of nitrogens with one attached hydrogen (secondary N) is 4. The van der Waals surface area contributed by atoms with Crippen LogP contribution in [0.5, 0.6) is 0 Å². The number of aliphatic hydroxyl groups is 1. The summed E-state index contributed by atoms with van der Waals surface area (Å²) < 4.78 is 16.8. The molecule has 19 nitrogen and oxygen atoms in total. The molecule has 5 aliphatic rings. The quantitative estimate of drug-likeness (QED) is 0.0797. The van der Waals surface area contributed by atoms with Gasteiger partial charge in [-0.3, -0.25) is 29.0 Å². The van der Waals surface area contributed by atoms with E-state index in [2.05, 4.69) is 122 Å². The van der Waals surface area contributed by atoms with Crippen molar-refractivity contribution in [3.63, 3.8) is 0 Å². The number of benzene rings is 4. The number of aliphatic hydroxyl groups excluding tert-OH is 1. The minimum atomic E-state index is -0.573. The number of halogens is 1. The highest BCUT2D eigenvalue weighted by atomic mass is 79.9. The Kier molecular flexibility index (Phi) is 23.9. The van der Waals surface area contributed by atoms with Gasteiger partial charge >= 0.3 is 18.3 Å². The molecule has 4 aromatic carbocycles. The van der Waals surface area contributed by atoms with Crippen LogP contribution in [0.2, 0.25) is 0 Å². The zero-order valence-corrected chi connectivity index (χ0v) is 58.0. The fourth-order valence-electron chi connectivity index (χ4n) is 12.5. The standard InChI is InChI=1S/C21H21BrN2O.C19H24N2O3.C14H16N2O.C10H17NO3.C10H15NO3/c1-14-21(19-4-2-3-5-20(19)23-14)16-10-18(25)13-24(12-16)11-15-6-8-17(22)9-7-15;1-12-17(15-7-5-6-8-16(15)20-12)13-9-14(22)11-21(10-13)18(23)24-19(2,3)4;1-9-14(10-6-11(17)8-15-7-10)12-4-2-3-5-13(12)16-9;2*1-10(2,3)14-9(13)11-6-4-5-8(12)7-11/h2-9,16,23H,10-13H2,1H3;5-8,13,20H,9-11H2,1-4H3;2-5,10,15-16H,6-8H2,1H3;4-5,8,12H,6-7H2,1-3H3;4-5H,6-7H2,1-3H3. The Hall–Kier alpha value is -8.17. The van der Waals surface area contributed by atoms with Crippen molar-refractivity contribution in [2.45, 2.75) is 150 Å². The lowest BCUT2D eigenvalue weighted by Crippen LogP contribution is -2.45. The van der Waals surface area contributed by atoms with Gasteiger partial charge < -0.3 is 49.4 Å². The maximum Gasteiger partial charge on any atom is 0.410 e. The van der Waals surface area contributed by atoms with E-state index < -0.39 is 35.1 Å². The van der Waals surface area contributed by atoms with E-state index in [1.54, 1.807) is 39.0 Å². The molecule has 3 aromatic heterocycles. The van der Waals surface area contributed by atoms with Crippen molar-refractivity contribution >= 4 is 90.1 Å².